The van der Waals surface area contributed by atoms with Crippen molar-refractivity contribution >= 4 is 31.6 Å². The van der Waals surface area contributed by atoms with Gasteiger partial charge in [-0.3, -0.25) is 9.10 Å². The summed E-state index contributed by atoms with van der Waals surface area (Å²) in [6.07, 6.45) is 2.52. The third-order valence-corrected chi connectivity index (χ3v) is 8.87. The fraction of sp³-hybridized carbons (Fsp3) is 0.409. The van der Waals surface area contributed by atoms with Crippen LogP contribution in [0.2, 0.25) is 0 Å². The van der Waals surface area contributed by atoms with Crippen LogP contribution < -0.4 is 14.4 Å². The van der Waals surface area contributed by atoms with E-state index in [4.69, 9.17) is 4.74 Å². The zero-order chi connectivity index (χ0) is 24.2. The van der Waals surface area contributed by atoms with Crippen LogP contribution in [0.15, 0.2) is 53.4 Å². The highest BCUT2D eigenvalue weighted by Crippen LogP contribution is 2.25. The minimum Gasteiger partial charge on any atom is -0.497 e. The van der Waals surface area contributed by atoms with E-state index in [1.54, 1.807) is 30.3 Å². The summed E-state index contributed by atoms with van der Waals surface area (Å²) in [6, 6.07) is 12.5. The van der Waals surface area contributed by atoms with E-state index in [-0.39, 0.29) is 22.3 Å². The van der Waals surface area contributed by atoms with Gasteiger partial charge in [-0.1, -0.05) is 6.07 Å². The van der Waals surface area contributed by atoms with E-state index in [1.807, 2.05) is 0 Å². The Kier molecular flexibility index (Phi) is 7.65. The lowest BCUT2D eigenvalue weighted by Crippen LogP contribution is -2.41. The van der Waals surface area contributed by atoms with Crippen molar-refractivity contribution in [2.45, 2.75) is 17.7 Å². The molecule has 2 aromatic rings. The van der Waals surface area contributed by atoms with Gasteiger partial charge in [0, 0.05) is 32.2 Å². The molecule has 3 rings (SSSR count). The van der Waals surface area contributed by atoms with Gasteiger partial charge in [0.05, 0.1) is 23.9 Å². The van der Waals surface area contributed by atoms with E-state index >= 15 is 0 Å². The zero-order valence-electron chi connectivity index (χ0n) is 18.9. The van der Waals surface area contributed by atoms with E-state index in [1.165, 1.54) is 42.9 Å². The zero-order valence-corrected chi connectivity index (χ0v) is 20.5. The summed E-state index contributed by atoms with van der Waals surface area (Å²) in [4.78, 5) is 12.7. The molecule has 9 nitrogen and oxygen atoms in total. The molecular formula is C22H29N3O6S2. The number of amides is 1. The maximum absolute atomic E-state index is 13.1. The highest BCUT2D eigenvalue weighted by Gasteiger charge is 2.26. The number of methoxy groups -OCH3 is 1. The van der Waals surface area contributed by atoms with Crippen molar-refractivity contribution in [3.8, 4) is 5.75 Å². The van der Waals surface area contributed by atoms with Crippen LogP contribution in [0.4, 0.5) is 5.69 Å². The molecule has 0 unspecified atom stereocenters. The van der Waals surface area contributed by atoms with Crippen LogP contribution >= 0.6 is 0 Å². The quantitative estimate of drug-likeness (QED) is 0.599. The van der Waals surface area contributed by atoms with E-state index in [2.05, 4.69) is 5.32 Å². The number of benzene rings is 2. The smallest absolute Gasteiger partial charge is 0.264 e. The number of piperidine rings is 1. The molecule has 2 aromatic carbocycles. The Balaban J connectivity index is 1.65. The minimum atomic E-state index is -3.87. The van der Waals surface area contributed by atoms with Gasteiger partial charge in [-0.25, -0.2) is 21.1 Å². The number of nitrogens with one attached hydrogen (secondary N) is 1. The van der Waals surface area contributed by atoms with Crippen LogP contribution in [-0.2, 0) is 20.0 Å². The summed E-state index contributed by atoms with van der Waals surface area (Å²) in [5.74, 6) is 0.412. The molecule has 0 atom stereocenters. The van der Waals surface area contributed by atoms with Crippen molar-refractivity contribution in [1.29, 1.82) is 0 Å². The summed E-state index contributed by atoms with van der Waals surface area (Å²) >= 11 is 0. The number of hydrogen-bond donors (Lipinski definition) is 1. The summed E-state index contributed by atoms with van der Waals surface area (Å²) in [6.45, 7) is 1.27. The predicted octanol–water partition coefficient (Wildman–Crippen LogP) is 1.92. The van der Waals surface area contributed by atoms with Crippen molar-refractivity contribution in [1.82, 2.24) is 9.62 Å². The van der Waals surface area contributed by atoms with Gasteiger partial charge in [0.15, 0.2) is 0 Å². The lowest BCUT2D eigenvalue weighted by molar-refractivity contribution is 0.0941. The maximum Gasteiger partial charge on any atom is 0.264 e. The first-order chi connectivity index (χ1) is 15.5. The van der Waals surface area contributed by atoms with Crippen LogP contribution in [0.5, 0.6) is 5.75 Å². The van der Waals surface area contributed by atoms with Crippen LogP contribution in [-0.4, -0.2) is 67.1 Å². The van der Waals surface area contributed by atoms with Gasteiger partial charge in [-0.05, 0) is 61.2 Å². The second kappa shape index (κ2) is 10.1. The molecule has 0 aromatic heterocycles. The summed E-state index contributed by atoms with van der Waals surface area (Å²) in [7, 11) is -4.08. The maximum atomic E-state index is 13.1. The van der Waals surface area contributed by atoms with Crippen molar-refractivity contribution in [2.75, 3.05) is 44.4 Å². The van der Waals surface area contributed by atoms with E-state index in [9.17, 15) is 21.6 Å². The van der Waals surface area contributed by atoms with Crippen molar-refractivity contribution in [3.05, 3.63) is 54.1 Å². The molecule has 1 aliphatic heterocycles. The first-order valence-corrected chi connectivity index (χ1v) is 13.8. The molecule has 1 aliphatic rings. The Morgan fingerprint density at radius 1 is 1.09 bits per heavy atom. The second-order valence-electron chi connectivity index (χ2n) is 8.01. The van der Waals surface area contributed by atoms with Crippen LogP contribution in [0.25, 0.3) is 0 Å². The molecule has 1 N–H and O–H groups in total. The molecular weight excluding hydrogens is 466 g/mol. The van der Waals surface area contributed by atoms with Gasteiger partial charge in [0.2, 0.25) is 10.0 Å². The summed E-state index contributed by atoms with van der Waals surface area (Å²) in [5.41, 5.74) is 0.707. The lowest BCUT2D eigenvalue weighted by atomic mass is 9.98. The predicted molar refractivity (Wildman–Crippen MR) is 126 cm³/mol. The first kappa shape index (κ1) is 25.0. The van der Waals surface area contributed by atoms with Gasteiger partial charge in [-0.2, -0.15) is 0 Å². The molecule has 33 heavy (non-hydrogen) atoms. The van der Waals surface area contributed by atoms with Crippen LogP contribution in [0, 0.1) is 5.92 Å². The van der Waals surface area contributed by atoms with E-state index in [0.29, 0.717) is 43.9 Å². The van der Waals surface area contributed by atoms with Crippen molar-refractivity contribution in [2.24, 2.45) is 5.92 Å². The van der Waals surface area contributed by atoms with E-state index < -0.39 is 20.0 Å². The topological polar surface area (TPSA) is 113 Å². The highest BCUT2D eigenvalue weighted by atomic mass is 32.2. The number of ether oxygens (including phenoxy) is 1. The molecule has 1 saturated heterocycles. The molecule has 1 fully saturated rings. The SMILES string of the molecule is COc1ccc(N(C)S(=O)(=O)c2cccc(C(=O)NCC3CCN(S(C)(=O)=O)CC3)c2)cc1. The number of nitrogens with zero attached hydrogens (tertiary/aromatic N) is 2. The number of sulfonamides is 2. The van der Waals surface area contributed by atoms with E-state index in [0.717, 1.165) is 4.31 Å². The normalized spacial score (nSPS) is 15.7. The average molecular weight is 496 g/mol. The Bertz CT molecular complexity index is 1190. The Labute approximate surface area is 195 Å². The molecule has 0 aliphatic carbocycles. The summed E-state index contributed by atoms with van der Waals surface area (Å²) < 4.78 is 57.1. The number of carbonyl (C=O) groups is 1. The van der Waals surface area contributed by atoms with Crippen molar-refractivity contribution in [3.63, 3.8) is 0 Å². The molecule has 0 radical (unpaired) electrons. The third kappa shape index (κ3) is 6.04. The molecule has 1 heterocycles. The molecule has 0 saturated carbocycles. The number of rotatable bonds is 8. The highest BCUT2D eigenvalue weighted by molar-refractivity contribution is 7.92. The monoisotopic (exact) mass is 495 g/mol. The fourth-order valence-corrected chi connectivity index (χ4v) is 5.79. The standard InChI is InChI=1S/C22H29N3O6S2/c1-24(19-7-9-20(31-2)10-8-19)33(29,30)21-6-4-5-18(15-21)22(26)23-16-17-11-13-25(14-12-17)32(3,27)28/h4-10,15,17H,11-14,16H2,1-3H3,(H,23,26). The van der Waals surface area contributed by atoms with Gasteiger partial charge in [0.25, 0.3) is 15.9 Å². The molecule has 11 heteroatoms. The minimum absolute atomic E-state index is 0.00919. The Hall–Kier alpha value is -2.63. The van der Waals surface area contributed by atoms with Gasteiger partial charge >= 0.3 is 0 Å². The molecule has 0 spiro atoms. The van der Waals surface area contributed by atoms with Crippen molar-refractivity contribution < 1.29 is 26.4 Å². The average Bonchev–Trinajstić information content (AvgIpc) is 2.82. The number of carbonyl (C=O) groups excluding carboxylic acids is 1. The second-order valence-corrected chi connectivity index (χ2v) is 12.0. The number of hydrogen-bond acceptors (Lipinski definition) is 6. The Morgan fingerprint density at radius 3 is 2.30 bits per heavy atom. The number of anilines is 1. The van der Waals surface area contributed by atoms with Gasteiger partial charge in [0.1, 0.15) is 5.75 Å². The fourth-order valence-electron chi connectivity index (χ4n) is 3.67. The van der Waals surface area contributed by atoms with Gasteiger partial charge in [-0.15, -0.1) is 0 Å². The van der Waals surface area contributed by atoms with Crippen LogP contribution in [0.3, 0.4) is 0 Å². The molecule has 1 amide bonds. The lowest BCUT2D eigenvalue weighted by Gasteiger charge is -2.30. The molecule has 0 bridgehead atoms. The molecule has 180 valence electrons. The Morgan fingerprint density at radius 2 is 1.73 bits per heavy atom. The third-order valence-electron chi connectivity index (χ3n) is 5.78. The summed E-state index contributed by atoms with van der Waals surface area (Å²) in [5, 5.41) is 2.85. The largest absolute Gasteiger partial charge is 0.497 e. The van der Waals surface area contributed by atoms with Crippen LogP contribution in [0.1, 0.15) is 23.2 Å². The van der Waals surface area contributed by atoms with Gasteiger partial charge < -0.3 is 10.1 Å². The first-order valence-electron chi connectivity index (χ1n) is 10.5.